The Morgan fingerprint density at radius 2 is 1.94 bits per heavy atom. The lowest BCUT2D eigenvalue weighted by Gasteiger charge is -2.11. The van der Waals surface area contributed by atoms with Gasteiger partial charge in [-0.05, 0) is 35.6 Å². The summed E-state index contributed by atoms with van der Waals surface area (Å²) in [5, 5.41) is 0. The zero-order chi connectivity index (χ0) is 12.0. The van der Waals surface area contributed by atoms with Crippen molar-refractivity contribution in [2.24, 2.45) is 7.05 Å². The maximum Gasteiger partial charge on any atom is 0.0524 e. The van der Waals surface area contributed by atoms with E-state index in [2.05, 4.69) is 36.9 Å². The summed E-state index contributed by atoms with van der Waals surface area (Å²) in [5.74, 6) is 0. The van der Waals surface area contributed by atoms with Gasteiger partial charge >= 0.3 is 0 Å². The Kier molecular flexibility index (Phi) is 2.22. The smallest absolute Gasteiger partial charge is 0.0524 e. The van der Waals surface area contributed by atoms with Crippen molar-refractivity contribution in [2.75, 3.05) is 0 Å². The summed E-state index contributed by atoms with van der Waals surface area (Å²) in [6.07, 6.45) is 12.1. The van der Waals surface area contributed by atoms with Crippen LogP contribution in [-0.2, 0) is 13.5 Å². The summed E-state index contributed by atoms with van der Waals surface area (Å²) in [6, 6.07) is 0. The van der Waals surface area contributed by atoms with E-state index in [9.17, 15) is 0 Å². The summed E-state index contributed by atoms with van der Waals surface area (Å²) in [6.45, 7) is 7.86. The van der Waals surface area contributed by atoms with Crippen LogP contribution in [0, 0.1) is 0 Å². The molecule has 1 heterocycles. The lowest BCUT2D eigenvalue weighted by atomic mass is 9.99. The predicted molar refractivity (Wildman–Crippen MR) is 74.6 cm³/mol. The Labute approximate surface area is 102 Å². The minimum Gasteiger partial charge on any atom is -0.343 e. The molecular weight excluding hydrogens is 206 g/mol. The second kappa shape index (κ2) is 3.63. The number of hydrogen-bond donors (Lipinski definition) is 0. The molecule has 0 unspecified atom stereocenters. The fraction of sp³-hybridized carbons (Fsp3) is 0.250. The van der Waals surface area contributed by atoms with Crippen LogP contribution in [0.2, 0.25) is 0 Å². The first kappa shape index (κ1) is 10.4. The second-order valence-electron chi connectivity index (χ2n) is 4.69. The molecule has 86 valence electrons. The topological polar surface area (TPSA) is 4.93 Å². The van der Waals surface area contributed by atoms with Gasteiger partial charge in [-0.3, -0.25) is 0 Å². The van der Waals surface area contributed by atoms with Gasteiger partial charge in [0.2, 0.25) is 0 Å². The van der Waals surface area contributed by atoms with Crippen molar-refractivity contribution >= 4 is 17.7 Å². The molecule has 0 spiro atoms. The van der Waals surface area contributed by atoms with Crippen molar-refractivity contribution in [3.63, 3.8) is 0 Å². The third kappa shape index (κ3) is 1.25. The molecule has 0 saturated carbocycles. The van der Waals surface area contributed by atoms with Gasteiger partial charge in [-0.25, -0.2) is 0 Å². The Bertz CT molecular complexity index is 579. The lowest BCUT2D eigenvalue weighted by Crippen LogP contribution is -1.99. The summed E-state index contributed by atoms with van der Waals surface area (Å²) in [5.41, 5.74) is 8.18. The monoisotopic (exact) mass is 223 g/mol. The number of aromatic nitrogens is 1. The largest absolute Gasteiger partial charge is 0.343 e. The van der Waals surface area contributed by atoms with Crippen LogP contribution in [0.15, 0.2) is 30.9 Å². The zero-order valence-electron chi connectivity index (χ0n) is 10.3. The molecule has 0 saturated heterocycles. The van der Waals surface area contributed by atoms with Gasteiger partial charge < -0.3 is 4.57 Å². The highest BCUT2D eigenvalue weighted by molar-refractivity contribution is 5.89. The van der Waals surface area contributed by atoms with Crippen LogP contribution in [0.5, 0.6) is 0 Å². The van der Waals surface area contributed by atoms with Crippen molar-refractivity contribution in [1.82, 2.24) is 4.57 Å². The SMILES string of the molecule is C=Cc1c2c(n(C)c1C=C)C1=CCCC=C1C2. The van der Waals surface area contributed by atoms with Crippen molar-refractivity contribution in [3.8, 4) is 0 Å². The molecule has 17 heavy (non-hydrogen) atoms. The number of rotatable bonds is 2. The average Bonchev–Trinajstić information content (AvgIpc) is 2.84. The quantitative estimate of drug-likeness (QED) is 0.715. The van der Waals surface area contributed by atoms with Gasteiger partial charge in [0.1, 0.15) is 0 Å². The maximum absolute atomic E-state index is 3.95. The highest BCUT2D eigenvalue weighted by atomic mass is 15.0. The summed E-state index contributed by atoms with van der Waals surface area (Å²) in [4.78, 5) is 0. The molecule has 0 radical (unpaired) electrons. The van der Waals surface area contributed by atoms with Gasteiger partial charge in [0.05, 0.1) is 5.69 Å². The fourth-order valence-electron chi connectivity index (χ4n) is 3.12. The maximum atomic E-state index is 3.95. The molecule has 1 aromatic rings. The third-order valence-corrected chi connectivity index (χ3v) is 3.86. The van der Waals surface area contributed by atoms with E-state index in [1.165, 1.54) is 40.1 Å². The van der Waals surface area contributed by atoms with Crippen LogP contribution >= 0.6 is 0 Å². The van der Waals surface area contributed by atoms with Crippen LogP contribution in [0.25, 0.3) is 17.7 Å². The Hall–Kier alpha value is -1.76. The van der Waals surface area contributed by atoms with Gasteiger partial charge in [-0.2, -0.15) is 0 Å². The van der Waals surface area contributed by atoms with Crippen LogP contribution in [0.4, 0.5) is 0 Å². The minimum absolute atomic E-state index is 1.06. The second-order valence-corrected chi connectivity index (χ2v) is 4.69. The third-order valence-electron chi connectivity index (χ3n) is 3.86. The number of hydrogen-bond acceptors (Lipinski definition) is 0. The van der Waals surface area contributed by atoms with Gasteiger partial charge in [0.25, 0.3) is 0 Å². The normalized spacial score (nSPS) is 17.0. The first-order chi connectivity index (χ1) is 8.27. The molecule has 1 heteroatoms. The van der Waals surface area contributed by atoms with Crippen molar-refractivity contribution < 1.29 is 0 Å². The van der Waals surface area contributed by atoms with Crippen LogP contribution < -0.4 is 0 Å². The average molecular weight is 223 g/mol. The van der Waals surface area contributed by atoms with Gasteiger partial charge in [-0.15, -0.1) is 0 Å². The Morgan fingerprint density at radius 3 is 2.65 bits per heavy atom. The van der Waals surface area contributed by atoms with Gasteiger partial charge in [-0.1, -0.05) is 31.4 Å². The summed E-state index contributed by atoms with van der Waals surface area (Å²) in [7, 11) is 2.13. The van der Waals surface area contributed by atoms with E-state index in [1.807, 2.05) is 12.2 Å². The minimum atomic E-state index is 1.06. The van der Waals surface area contributed by atoms with E-state index in [0.717, 1.165) is 12.8 Å². The number of allylic oxidation sites excluding steroid dienone is 4. The van der Waals surface area contributed by atoms with E-state index in [-0.39, 0.29) is 0 Å². The van der Waals surface area contributed by atoms with E-state index >= 15 is 0 Å². The highest BCUT2D eigenvalue weighted by Gasteiger charge is 2.29. The number of nitrogens with zero attached hydrogens (tertiary/aromatic N) is 1. The molecule has 2 aliphatic rings. The zero-order valence-corrected chi connectivity index (χ0v) is 10.3. The van der Waals surface area contributed by atoms with Gasteiger partial charge in [0, 0.05) is 24.7 Å². The van der Waals surface area contributed by atoms with E-state index in [1.54, 1.807) is 0 Å². The van der Waals surface area contributed by atoms with Crippen LogP contribution in [0.3, 0.4) is 0 Å². The Balaban J connectivity index is 2.31. The fourth-order valence-corrected chi connectivity index (χ4v) is 3.12. The van der Waals surface area contributed by atoms with E-state index in [4.69, 9.17) is 0 Å². The predicted octanol–water partition coefficient (Wildman–Crippen LogP) is 3.97. The molecule has 0 atom stereocenters. The molecule has 0 aliphatic heterocycles. The summed E-state index contributed by atoms with van der Waals surface area (Å²) >= 11 is 0. The summed E-state index contributed by atoms with van der Waals surface area (Å²) < 4.78 is 2.26. The Morgan fingerprint density at radius 1 is 1.18 bits per heavy atom. The molecule has 0 aromatic carbocycles. The standard InChI is InChI=1S/C16H17N/c1-4-12-14-10-11-8-6-7-9-13(11)16(14)17(3)15(12)5-2/h4-5,8-9H,1-2,6-7,10H2,3H3. The highest BCUT2D eigenvalue weighted by Crippen LogP contribution is 2.43. The number of fused-ring (bicyclic) bond motifs is 3. The molecule has 1 nitrogen and oxygen atoms in total. The van der Waals surface area contributed by atoms with Crippen molar-refractivity contribution in [3.05, 3.63) is 53.4 Å². The molecule has 3 rings (SSSR count). The molecular formula is C16H17N. The first-order valence-corrected chi connectivity index (χ1v) is 6.14. The molecule has 0 amide bonds. The molecule has 1 aromatic heterocycles. The molecule has 0 bridgehead atoms. The lowest BCUT2D eigenvalue weighted by molar-refractivity contribution is 0.894. The first-order valence-electron chi connectivity index (χ1n) is 6.14. The molecule has 0 N–H and O–H groups in total. The molecule has 0 fully saturated rings. The van der Waals surface area contributed by atoms with Crippen molar-refractivity contribution in [1.29, 1.82) is 0 Å². The van der Waals surface area contributed by atoms with Crippen molar-refractivity contribution in [2.45, 2.75) is 19.3 Å². The van der Waals surface area contributed by atoms with Gasteiger partial charge in [0.15, 0.2) is 0 Å². The van der Waals surface area contributed by atoms with E-state index < -0.39 is 0 Å². The van der Waals surface area contributed by atoms with E-state index in [0.29, 0.717) is 0 Å². The molecule has 2 aliphatic carbocycles. The van der Waals surface area contributed by atoms with Crippen LogP contribution in [0.1, 0.15) is 35.4 Å². The van der Waals surface area contributed by atoms with Crippen LogP contribution in [-0.4, -0.2) is 4.57 Å².